The zero-order valence-electron chi connectivity index (χ0n) is 7.82. The predicted molar refractivity (Wildman–Crippen MR) is 47.3 cm³/mol. The summed E-state index contributed by atoms with van der Waals surface area (Å²) in [5, 5.41) is 0. The van der Waals surface area contributed by atoms with Crippen molar-refractivity contribution in [1.82, 2.24) is 0 Å². The van der Waals surface area contributed by atoms with E-state index in [1.54, 1.807) is 0 Å². The second kappa shape index (κ2) is 3.20. The third kappa shape index (κ3) is 1.35. The van der Waals surface area contributed by atoms with Crippen LogP contribution >= 0.6 is 0 Å². The molecule has 1 saturated carbocycles. The van der Waals surface area contributed by atoms with Crippen molar-refractivity contribution in [3.63, 3.8) is 0 Å². The molecular formula is C10H12O4. The first-order chi connectivity index (χ1) is 6.66. The SMILES string of the molecule is C=CC(=O)OC12CCC(CO1)CC2=O. The molecule has 14 heavy (non-hydrogen) atoms. The Kier molecular flexibility index (Phi) is 2.15. The Morgan fingerprint density at radius 1 is 1.71 bits per heavy atom. The van der Waals surface area contributed by atoms with Gasteiger partial charge in [-0.05, 0) is 12.3 Å². The molecule has 0 radical (unpaired) electrons. The minimum atomic E-state index is -1.29. The molecule has 0 spiro atoms. The van der Waals surface area contributed by atoms with Gasteiger partial charge in [-0.3, -0.25) is 4.79 Å². The average molecular weight is 196 g/mol. The van der Waals surface area contributed by atoms with Crippen LogP contribution < -0.4 is 0 Å². The van der Waals surface area contributed by atoms with E-state index in [9.17, 15) is 9.59 Å². The van der Waals surface area contributed by atoms with E-state index in [1.807, 2.05) is 0 Å². The molecule has 0 aromatic rings. The molecule has 3 aliphatic rings. The van der Waals surface area contributed by atoms with Crippen LogP contribution in [0.25, 0.3) is 0 Å². The minimum Gasteiger partial charge on any atom is -0.422 e. The van der Waals surface area contributed by atoms with Gasteiger partial charge in [-0.25, -0.2) is 4.79 Å². The van der Waals surface area contributed by atoms with Crippen LogP contribution in [0.2, 0.25) is 0 Å². The van der Waals surface area contributed by atoms with Gasteiger partial charge in [0.2, 0.25) is 5.78 Å². The Morgan fingerprint density at radius 3 is 3.00 bits per heavy atom. The maximum Gasteiger partial charge on any atom is 0.333 e. The smallest absolute Gasteiger partial charge is 0.333 e. The van der Waals surface area contributed by atoms with E-state index in [-0.39, 0.29) is 5.78 Å². The molecule has 2 saturated heterocycles. The highest BCUT2D eigenvalue weighted by Gasteiger charge is 2.51. The Labute approximate surface area is 81.9 Å². The molecule has 4 nitrogen and oxygen atoms in total. The fourth-order valence-electron chi connectivity index (χ4n) is 1.94. The van der Waals surface area contributed by atoms with Gasteiger partial charge in [0.05, 0.1) is 6.61 Å². The van der Waals surface area contributed by atoms with Gasteiger partial charge in [-0.1, -0.05) is 6.58 Å². The number of fused-ring (bicyclic) bond motifs is 3. The first-order valence-corrected chi connectivity index (χ1v) is 4.69. The van der Waals surface area contributed by atoms with Gasteiger partial charge in [0.15, 0.2) is 0 Å². The van der Waals surface area contributed by atoms with Gasteiger partial charge in [0.1, 0.15) is 0 Å². The summed E-state index contributed by atoms with van der Waals surface area (Å²) in [6, 6.07) is 0. The lowest BCUT2D eigenvalue weighted by Gasteiger charge is -2.43. The summed E-state index contributed by atoms with van der Waals surface area (Å²) >= 11 is 0. The summed E-state index contributed by atoms with van der Waals surface area (Å²) in [6.07, 6.45) is 2.88. The topological polar surface area (TPSA) is 52.6 Å². The van der Waals surface area contributed by atoms with E-state index in [0.717, 1.165) is 12.5 Å². The molecular weight excluding hydrogens is 184 g/mol. The highest BCUT2D eigenvalue weighted by atomic mass is 16.7. The van der Waals surface area contributed by atoms with Crippen LogP contribution in [-0.2, 0) is 19.1 Å². The number of Topliss-reactive ketones (excluding diaryl/α,β-unsaturated/α-hetero) is 1. The van der Waals surface area contributed by atoms with Crippen molar-refractivity contribution >= 4 is 11.8 Å². The molecule has 2 atom stereocenters. The second-order valence-corrected chi connectivity index (χ2v) is 3.72. The number of esters is 1. The zero-order chi connectivity index (χ0) is 10.2. The highest BCUT2D eigenvalue weighted by Crippen LogP contribution is 2.39. The van der Waals surface area contributed by atoms with Crippen LogP contribution in [-0.4, -0.2) is 24.1 Å². The van der Waals surface area contributed by atoms with Gasteiger partial charge in [0.25, 0.3) is 5.79 Å². The fraction of sp³-hybridized carbons (Fsp3) is 0.600. The lowest BCUT2D eigenvalue weighted by molar-refractivity contribution is -0.256. The van der Waals surface area contributed by atoms with Gasteiger partial charge in [0, 0.05) is 18.9 Å². The molecule has 0 aromatic heterocycles. The molecule has 1 aliphatic carbocycles. The van der Waals surface area contributed by atoms with Crippen LogP contribution in [0.3, 0.4) is 0 Å². The number of carbonyl (C=O) groups is 2. The number of ether oxygens (including phenoxy) is 2. The Balaban J connectivity index is 2.15. The summed E-state index contributed by atoms with van der Waals surface area (Å²) in [6.45, 7) is 3.80. The third-order valence-corrected chi connectivity index (χ3v) is 2.76. The van der Waals surface area contributed by atoms with Crippen molar-refractivity contribution in [1.29, 1.82) is 0 Å². The molecule has 2 bridgehead atoms. The molecule has 76 valence electrons. The number of hydrogen-bond donors (Lipinski definition) is 0. The summed E-state index contributed by atoms with van der Waals surface area (Å²) in [4.78, 5) is 22.6. The van der Waals surface area contributed by atoms with Crippen LogP contribution in [0.1, 0.15) is 19.3 Å². The van der Waals surface area contributed by atoms with Crippen molar-refractivity contribution in [3.05, 3.63) is 12.7 Å². The molecule has 4 heteroatoms. The lowest BCUT2D eigenvalue weighted by atomic mass is 9.81. The number of ketones is 1. The third-order valence-electron chi connectivity index (χ3n) is 2.76. The van der Waals surface area contributed by atoms with E-state index in [0.29, 0.717) is 25.4 Å². The van der Waals surface area contributed by atoms with E-state index in [1.165, 1.54) is 0 Å². The van der Waals surface area contributed by atoms with Crippen LogP contribution in [0.5, 0.6) is 0 Å². The van der Waals surface area contributed by atoms with E-state index < -0.39 is 11.8 Å². The molecule has 3 fully saturated rings. The minimum absolute atomic E-state index is 0.116. The average Bonchev–Trinajstić information content (AvgIpc) is 2.20. The summed E-state index contributed by atoms with van der Waals surface area (Å²) in [5.41, 5.74) is 0. The summed E-state index contributed by atoms with van der Waals surface area (Å²) in [5.74, 6) is -1.69. The monoisotopic (exact) mass is 196 g/mol. The number of rotatable bonds is 2. The Hall–Kier alpha value is -1.16. The first-order valence-electron chi connectivity index (χ1n) is 4.69. The van der Waals surface area contributed by atoms with Gasteiger partial charge < -0.3 is 9.47 Å². The largest absolute Gasteiger partial charge is 0.422 e. The van der Waals surface area contributed by atoms with E-state index >= 15 is 0 Å². The summed E-state index contributed by atoms with van der Waals surface area (Å²) in [7, 11) is 0. The normalized spacial score (nSPS) is 35.4. The zero-order valence-corrected chi connectivity index (χ0v) is 7.82. The number of hydrogen-bond acceptors (Lipinski definition) is 4. The molecule has 0 amide bonds. The summed E-state index contributed by atoms with van der Waals surface area (Å²) < 4.78 is 10.3. The first kappa shape index (κ1) is 9.40. The van der Waals surface area contributed by atoms with Gasteiger partial charge in [-0.2, -0.15) is 0 Å². The van der Waals surface area contributed by atoms with Gasteiger partial charge in [-0.15, -0.1) is 0 Å². The van der Waals surface area contributed by atoms with Gasteiger partial charge >= 0.3 is 5.97 Å². The standard InChI is InChI=1S/C10H12O4/c1-2-9(12)14-10-4-3-7(6-13-10)5-8(10)11/h2,7H,1,3-6H2. The van der Waals surface area contributed by atoms with Crippen molar-refractivity contribution < 1.29 is 19.1 Å². The number of carbonyl (C=O) groups excluding carboxylic acids is 2. The molecule has 2 unspecified atom stereocenters. The van der Waals surface area contributed by atoms with Crippen LogP contribution in [0, 0.1) is 5.92 Å². The maximum absolute atomic E-state index is 11.6. The van der Waals surface area contributed by atoms with Crippen molar-refractivity contribution in [2.45, 2.75) is 25.0 Å². The van der Waals surface area contributed by atoms with Crippen LogP contribution in [0.4, 0.5) is 0 Å². The molecule has 2 heterocycles. The highest BCUT2D eigenvalue weighted by molar-refractivity contribution is 5.91. The molecule has 0 N–H and O–H groups in total. The van der Waals surface area contributed by atoms with Crippen LogP contribution in [0.15, 0.2) is 12.7 Å². The quantitative estimate of drug-likeness (QED) is 0.484. The molecule has 3 rings (SSSR count). The fourth-order valence-corrected chi connectivity index (χ4v) is 1.94. The maximum atomic E-state index is 11.6. The molecule has 2 aliphatic heterocycles. The van der Waals surface area contributed by atoms with Crippen molar-refractivity contribution in [2.75, 3.05) is 6.61 Å². The Morgan fingerprint density at radius 2 is 2.50 bits per heavy atom. The second-order valence-electron chi connectivity index (χ2n) is 3.72. The van der Waals surface area contributed by atoms with E-state index in [2.05, 4.69) is 6.58 Å². The van der Waals surface area contributed by atoms with Crippen molar-refractivity contribution in [3.8, 4) is 0 Å². The molecule has 0 aromatic carbocycles. The van der Waals surface area contributed by atoms with E-state index in [4.69, 9.17) is 9.47 Å². The van der Waals surface area contributed by atoms with Crippen molar-refractivity contribution in [2.24, 2.45) is 5.92 Å². The lowest BCUT2D eigenvalue weighted by Crippen LogP contribution is -2.55. The predicted octanol–water partition coefficient (Wildman–Crippen LogP) is 0.811. The Bertz CT molecular complexity index is 286.